The summed E-state index contributed by atoms with van der Waals surface area (Å²) in [6.07, 6.45) is 0. The summed E-state index contributed by atoms with van der Waals surface area (Å²) in [4.78, 5) is 0. The van der Waals surface area contributed by atoms with Crippen LogP contribution in [0.4, 0.5) is 0 Å². The molecule has 0 nitrogen and oxygen atoms in total. The molecule has 13 rings (SSSR count). The van der Waals surface area contributed by atoms with Gasteiger partial charge < -0.3 is 0 Å². The minimum absolute atomic E-state index is 0.684. The van der Waals surface area contributed by atoms with Crippen LogP contribution in [0.1, 0.15) is 22.3 Å². The highest BCUT2D eigenvalue weighted by Gasteiger charge is 2.25. The molecular weight excluding hydrogens is 900 g/mol. The van der Waals surface area contributed by atoms with Crippen LogP contribution in [0.5, 0.6) is 0 Å². The molecule has 0 amide bonds. The number of benzene rings is 13. The maximum absolute atomic E-state index is 6.72. The Morgan fingerprint density at radius 2 is 0.479 bits per heavy atom. The lowest BCUT2D eigenvalue weighted by molar-refractivity contribution is 1.63. The Kier molecular flexibility index (Phi) is 12.3. The van der Waals surface area contributed by atoms with E-state index in [0.29, 0.717) is 5.02 Å². The zero-order chi connectivity index (χ0) is 48.9. The summed E-state index contributed by atoms with van der Waals surface area (Å²) in [6.45, 7) is 0. The first-order valence-corrected chi connectivity index (χ1v) is 25.0. The first-order valence-electron chi connectivity index (χ1n) is 24.6. The van der Waals surface area contributed by atoms with Gasteiger partial charge in [0.2, 0.25) is 0 Å². The van der Waals surface area contributed by atoms with Crippen molar-refractivity contribution in [1.82, 2.24) is 0 Å². The van der Waals surface area contributed by atoms with Gasteiger partial charge in [-0.1, -0.05) is 278 Å². The minimum Gasteiger partial charge on any atom is -0.0836 e. The number of fused-ring (bicyclic) bond motifs is 5. The molecule has 0 aliphatic rings. The van der Waals surface area contributed by atoms with Gasteiger partial charge in [-0.15, -0.1) is 0 Å². The van der Waals surface area contributed by atoms with Crippen molar-refractivity contribution in [3.8, 4) is 68.2 Å². The van der Waals surface area contributed by atoms with Crippen LogP contribution in [0, 0.1) is 23.7 Å². The minimum atomic E-state index is 0.684. The van der Waals surface area contributed by atoms with Crippen LogP contribution >= 0.6 is 11.6 Å². The molecule has 0 atom stereocenters. The van der Waals surface area contributed by atoms with Crippen LogP contribution < -0.4 is 0 Å². The van der Waals surface area contributed by atoms with Gasteiger partial charge in [-0.05, 0) is 118 Å². The molecule has 0 N–H and O–H groups in total. The Morgan fingerprint density at radius 3 is 0.836 bits per heavy atom. The Morgan fingerprint density at radius 1 is 0.205 bits per heavy atom. The van der Waals surface area contributed by atoms with Crippen LogP contribution in [0.25, 0.3) is 98.4 Å². The average Bonchev–Trinajstić information content (AvgIpc) is 3.46. The molecule has 0 bridgehead atoms. The van der Waals surface area contributed by atoms with E-state index >= 15 is 0 Å². The Balaban J connectivity index is 0.000000156. The van der Waals surface area contributed by atoms with E-state index in [1.54, 1.807) is 0 Å². The van der Waals surface area contributed by atoms with E-state index in [4.69, 9.17) is 11.6 Å². The summed E-state index contributed by atoms with van der Waals surface area (Å²) in [5.41, 5.74) is 13.9. The fourth-order valence-corrected chi connectivity index (χ4v) is 10.8. The number of rotatable bonds is 4. The fraction of sp³-hybridized carbons (Fsp3) is 0. The van der Waals surface area contributed by atoms with Gasteiger partial charge in [-0.2, -0.15) is 0 Å². The van der Waals surface area contributed by atoms with E-state index in [1.807, 2.05) is 84.9 Å². The van der Waals surface area contributed by atoms with Gasteiger partial charge >= 0.3 is 0 Å². The predicted octanol–water partition coefficient (Wildman–Crippen LogP) is 19.3. The second kappa shape index (κ2) is 20.1. The van der Waals surface area contributed by atoms with Gasteiger partial charge in [-0.25, -0.2) is 0 Å². The van der Waals surface area contributed by atoms with Crippen molar-refractivity contribution in [2.45, 2.75) is 0 Å². The van der Waals surface area contributed by atoms with E-state index < -0.39 is 0 Å². The lowest BCUT2D eigenvalue weighted by Gasteiger charge is -2.25. The van der Waals surface area contributed by atoms with Gasteiger partial charge in [0.1, 0.15) is 0 Å². The monoisotopic (exact) mass is 944 g/mol. The molecule has 0 fully saturated rings. The van der Waals surface area contributed by atoms with Crippen molar-refractivity contribution in [3.05, 3.63) is 300 Å². The van der Waals surface area contributed by atoms with Crippen LogP contribution in [-0.4, -0.2) is 0 Å². The van der Waals surface area contributed by atoms with E-state index in [9.17, 15) is 0 Å². The normalized spacial score (nSPS) is 10.9. The number of hydrogen-bond donors (Lipinski definition) is 0. The zero-order valence-corrected chi connectivity index (χ0v) is 40.6. The van der Waals surface area contributed by atoms with Gasteiger partial charge in [-0.3, -0.25) is 0 Å². The van der Waals surface area contributed by atoms with Crippen molar-refractivity contribution < 1.29 is 0 Å². The quantitative estimate of drug-likeness (QED) is 0.122. The highest BCUT2D eigenvalue weighted by atomic mass is 35.5. The van der Waals surface area contributed by atoms with Gasteiger partial charge in [0.25, 0.3) is 0 Å². The molecule has 0 saturated carbocycles. The van der Waals surface area contributed by atoms with Crippen molar-refractivity contribution in [2.24, 2.45) is 0 Å². The van der Waals surface area contributed by atoms with Crippen LogP contribution in [0.15, 0.2) is 273 Å². The average molecular weight is 946 g/mol. The standard InChI is InChI=1S/C42H28.C30H17Cl/c1-5-17-29(18-6-1)37-33-25-13-14-26-34(33)39(31-21-9-3-10-22-31)42-40(32-23-11-4-12-24-32)36-28-16-15-27-35(36)38(41(37)42)30-19-7-2-8-20-30;31-29-17-9-16-27-26(20-18-22-10-3-1-4-11-22)24-14-7-8-15-25(24)28(30(27)29)21-19-23-12-5-2-6-13-23/h1-28H;1-17H. The molecule has 0 aromatic heterocycles. The molecule has 13 aromatic carbocycles. The van der Waals surface area contributed by atoms with Crippen molar-refractivity contribution in [3.63, 3.8) is 0 Å². The van der Waals surface area contributed by atoms with Gasteiger partial charge in [0, 0.05) is 38.0 Å². The lowest BCUT2D eigenvalue weighted by Crippen LogP contribution is -1.97. The molecule has 13 aromatic rings. The Bertz CT molecular complexity index is 3960. The van der Waals surface area contributed by atoms with E-state index in [1.165, 1.54) is 76.8 Å². The first-order chi connectivity index (χ1) is 36.2. The molecule has 0 unspecified atom stereocenters. The molecule has 73 heavy (non-hydrogen) atoms. The summed E-state index contributed by atoms with van der Waals surface area (Å²) in [5, 5.41) is 12.4. The molecular formula is C72H45Cl. The second-order valence-corrected chi connectivity index (χ2v) is 18.4. The maximum atomic E-state index is 6.72. The smallest absolute Gasteiger partial charge is 0.0497 e. The topological polar surface area (TPSA) is 0 Å². The largest absolute Gasteiger partial charge is 0.0836 e. The first kappa shape index (κ1) is 44.8. The third-order valence-electron chi connectivity index (χ3n) is 13.6. The van der Waals surface area contributed by atoms with Gasteiger partial charge in [0.05, 0.1) is 0 Å². The molecule has 0 spiro atoms. The third-order valence-corrected chi connectivity index (χ3v) is 14.0. The van der Waals surface area contributed by atoms with Crippen molar-refractivity contribution in [2.75, 3.05) is 0 Å². The zero-order valence-electron chi connectivity index (χ0n) is 39.9. The summed E-state index contributed by atoms with van der Waals surface area (Å²) in [6, 6.07) is 96.0. The van der Waals surface area contributed by atoms with E-state index in [-0.39, 0.29) is 0 Å². The molecule has 0 heterocycles. The Hall–Kier alpha value is -9.43. The Labute approximate surface area is 431 Å². The van der Waals surface area contributed by atoms with Crippen molar-refractivity contribution in [1.29, 1.82) is 0 Å². The fourth-order valence-electron chi connectivity index (χ4n) is 10.5. The summed E-state index contributed by atoms with van der Waals surface area (Å²) in [5.74, 6) is 13.4. The summed E-state index contributed by atoms with van der Waals surface area (Å²) in [7, 11) is 0. The second-order valence-electron chi connectivity index (χ2n) is 18.0. The van der Waals surface area contributed by atoms with E-state index in [0.717, 1.165) is 43.8 Å². The molecule has 1 heteroatoms. The third kappa shape index (κ3) is 8.58. The highest BCUT2D eigenvalue weighted by Crippen LogP contribution is 2.53. The van der Waals surface area contributed by atoms with Crippen LogP contribution in [-0.2, 0) is 0 Å². The number of hydrogen-bond acceptors (Lipinski definition) is 0. The van der Waals surface area contributed by atoms with Crippen molar-refractivity contribution >= 4 is 65.5 Å². The predicted molar refractivity (Wildman–Crippen MR) is 312 cm³/mol. The molecule has 0 aliphatic carbocycles. The highest BCUT2D eigenvalue weighted by molar-refractivity contribution is 6.37. The van der Waals surface area contributed by atoms with E-state index in [2.05, 4.69) is 212 Å². The lowest BCUT2D eigenvalue weighted by atomic mass is 9.77. The molecule has 0 radical (unpaired) electrons. The summed E-state index contributed by atoms with van der Waals surface area (Å²) >= 11 is 6.72. The SMILES string of the molecule is Clc1cccc2c(C#Cc3ccccc3)c3ccccc3c(C#Cc3ccccc3)c12.c1ccc(-c2c3ccccc3c(-c3ccccc3)c3c(-c4ccccc4)c4ccccc4c(-c4ccccc4)c23)cc1. The van der Waals surface area contributed by atoms with Gasteiger partial charge in [0.15, 0.2) is 0 Å². The molecule has 0 saturated heterocycles. The summed E-state index contributed by atoms with van der Waals surface area (Å²) < 4.78 is 0. The molecule has 340 valence electrons. The van der Waals surface area contributed by atoms with Crippen LogP contribution in [0.3, 0.4) is 0 Å². The molecule has 0 aliphatic heterocycles. The number of halogens is 1. The van der Waals surface area contributed by atoms with Crippen LogP contribution in [0.2, 0.25) is 5.02 Å². The maximum Gasteiger partial charge on any atom is 0.0497 e.